The van der Waals surface area contributed by atoms with Crippen molar-refractivity contribution in [2.24, 2.45) is 29.2 Å². The van der Waals surface area contributed by atoms with Crippen LogP contribution in [-0.4, -0.2) is 54.0 Å². The maximum absolute atomic E-state index is 12.7. The van der Waals surface area contributed by atoms with Crippen LogP contribution in [0.25, 0.3) is 0 Å². The first kappa shape index (κ1) is 26.5. The van der Waals surface area contributed by atoms with Crippen LogP contribution >= 0.6 is 0 Å². The average molecular weight is 401 g/mol. The Balaban J connectivity index is 5.18. The topological polar surface area (TPSA) is 148 Å². The molecule has 0 fully saturated rings. The molecule has 28 heavy (non-hydrogen) atoms. The Hall–Kier alpha value is -1.51. The molecule has 0 aromatic rings. The highest BCUT2D eigenvalue weighted by atomic mass is 16.3. The van der Waals surface area contributed by atoms with Crippen LogP contribution in [0.3, 0.4) is 0 Å². The predicted octanol–water partition coefficient (Wildman–Crippen LogP) is 0.312. The smallest absolute Gasteiger partial charge is 0.245 e. The van der Waals surface area contributed by atoms with E-state index in [1.807, 2.05) is 0 Å². The zero-order chi connectivity index (χ0) is 21.9. The Morgan fingerprint density at radius 2 is 1.39 bits per heavy atom. The predicted molar refractivity (Wildman–Crippen MR) is 110 cm³/mol. The molecule has 0 saturated heterocycles. The second-order valence-electron chi connectivity index (χ2n) is 8.17. The lowest BCUT2D eigenvalue weighted by Crippen LogP contribution is -2.57. The summed E-state index contributed by atoms with van der Waals surface area (Å²) in [6.07, 6.45) is 1.23. The maximum Gasteiger partial charge on any atom is 0.245 e. The van der Waals surface area contributed by atoms with Crippen LogP contribution in [0.2, 0.25) is 0 Å². The molecule has 0 rings (SSSR count). The van der Waals surface area contributed by atoms with Crippen LogP contribution in [0.1, 0.15) is 60.3 Å². The second-order valence-corrected chi connectivity index (χ2v) is 8.17. The standard InChI is InChI=1S/C20H40N4O4/c1-12(2)6-7-15(8-10-21)19(27)24-17(14(5)25)20(28)23-16(9-11-22)18(26)13(3)4/h12-17,25H,6-11,21-22H2,1-5H3,(H,23,28)(H,24,27)/t14?,15?,16-,17-/m0/s1. The van der Waals surface area contributed by atoms with Gasteiger partial charge in [-0.1, -0.05) is 34.1 Å². The summed E-state index contributed by atoms with van der Waals surface area (Å²) < 4.78 is 0. The first-order chi connectivity index (χ1) is 13.0. The number of nitrogens with two attached hydrogens (primary N) is 2. The van der Waals surface area contributed by atoms with Crippen molar-refractivity contribution in [1.29, 1.82) is 0 Å². The quantitative estimate of drug-likeness (QED) is 0.283. The Labute approximate surface area is 169 Å². The van der Waals surface area contributed by atoms with Crippen LogP contribution < -0.4 is 22.1 Å². The van der Waals surface area contributed by atoms with Gasteiger partial charge in [-0.3, -0.25) is 14.4 Å². The number of hydrogen-bond acceptors (Lipinski definition) is 6. The van der Waals surface area contributed by atoms with E-state index in [0.29, 0.717) is 31.7 Å². The monoisotopic (exact) mass is 400 g/mol. The zero-order valence-electron chi connectivity index (χ0n) is 18.0. The van der Waals surface area contributed by atoms with Crippen molar-refractivity contribution in [2.75, 3.05) is 13.1 Å². The molecular weight excluding hydrogens is 360 g/mol. The van der Waals surface area contributed by atoms with E-state index < -0.39 is 24.1 Å². The third-order valence-electron chi connectivity index (χ3n) is 4.73. The molecule has 8 nitrogen and oxygen atoms in total. The Bertz CT molecular complexity index is 495. The van der Waals surface area contributed by atoms with Gasteiger partial charge in [-0.05, 0) is 45.2 Å². The van der Waals surface area contributed by atoms with Gasteiger partial charge in [-0.2, -0.15) is 0 Å². The van der Waals surface area contributed by atoms with Crippen LogP contribution in [0, 0.1) is 17.8 Å². The summed E-state index contributed by atoms with van der Waals surface area (Å²) >= 11 is 0. The molecule has 2 unspecified atom stereocenters. The summed E-state index contributed by atoms with van der Waals surface area (Å²) in [6, 6.07) is -1.89. The van der Waals surface area contributed by atoms with Crippen LogP contribution in [-0.2, 0) is 14.4 Å². The largest absolute Gasteiger partial charge is 0.391 e. The molecule has 0 radical (unpaired) electrons. The first-order valence-electron chi connectivity index (χ1n) is 10.3. The number of ketones is 1. The van der Waals surface area contributed by atoms with E-state index in [0.717, 1.165) is 6.42 Å². The molecule has 0 heterocycles. The molecule has 0 spiro atoms. The number of rotatable bonds is 14. The summed E-state index contributed by atoms with van der Waals surface area (Å²) in [7, 11) is 0. The number of hydrogen-bond donors (Lipinski definition) is 5. The van der Waals surface area contributed by atoms with Crippen molar-refractivity contribution in [1.82, 2.24) is 10.6 Å². The van der Waals surface area contributed by atoms with Gasteiger partial charge >= 0.3 is 0 Å². The van der Waals surface area contributed by atoms with Crippen LogP contribution in [0.4, 0.5) is 0 Å². The van der Waals surface area contributed by atoms with Gasteiger partial charge in [0.25, 0.3) is 0 Å². The fraction of sp³-hybridized carbons (Fsp3) is 0.850. The van der Waals surface area contributed by atoms with Crippen LogP contribution in [0.15, 0.2) is 0 Å². The van der Waals surface area contributed by atoms with E-state index in [9.17, 15) is 19.5 Å². The van der Waals surface area contributed by atoms with Crippen molar-refractivity contribution in [3.63, 3.8) is 0 Å². The Morgan fingerprint density at radius 1 is 0.821 bits per heavy atom. The summed E-state index contributed by atoms with van der Waals surface area (Å²) in [4.78, 5) is 37.6. The highest BCUT2D eigenvalue weighted by Gasteiger charge is 2.31. The SMILES string of the molecule is CC(C)CCC(CCN)C(=O)N[C@H](C(=O)N[C@@H](CCN)C(=O)C(C)C)C(C)O. The number of carbonyl (C=O) groups excluding carboxylic acids is 3. The third-order valence-corrected chi connectivity index (χ3v) is 4.73. The van der Waals surface area contributed by atoms with Gasteiger partial charge in [0, 0.05) is 11.8 Å². The van der Waals surface area contributed by atoms with Crippen LogP contribution in [0.5, 0.6) is 0 Å². The number of nitrogens with one attached hydrogen (secondary N) is 2. The van der Waals surface area contributed by atoms with Gasteiger partial charge in [0.1, 0.15) is 6.04 Å². The number of aliphatic hydroxyl groups is 1. The van der Waals surface area contributed by atoms with Gasteiger partial charge in [-0.15, -0.1) is 0 Å². The number of aliphatic hydroxyl groups excluding tert-OH is 1. The van der Waals surface area contributed by atoms with Gasteiger partial charge < -0.3 is 27.2 Å². The minimum absolute atomic E-state index is 0.132. The van der Waals surface area contributed by atoms with E-state index in [1.165, 1.54) is 6.92 Å². The molecule has 0 aliphatic carbocycles. The average Bonchev–Trinajstić information content (AvgIpc) is 2.61. The Kier molecular flexibility index (Phi) is 12.9. The highest BCUT2D eigenvalue weighted by Crippen LogP contribution is 2.16. The molecule has 2 amide bonds. The van der Waals surface area contributed by atoms with Gasteiger partial charge in [-0.25, -0.2) is 0 Å². The minimum Gasteiger partial charge on any atom is -0.391 e. The highest BCUT2D eigenvalue weighted by molar-refractivity contribution is 5.94. The molecule has 0 aliphatic rings. The molecule has 0 aromatic carbocycles. The van der Waals surface area contributed by atoms with Gasteiger partial charge in [0.2, 0.25) is 11.8 Å². The normalized spacial score (nSPS) is 15.8. The van der Waals surface area contributed by atoms with Crippen molar-refractivity contribution >= 4 is 17.6 Å². The molecular formula is C20H40N4O4. The van der Waals surface area contributed by atoms with E-state index in [2.05, 4.69) is 24.5 Å². The fourth-order valence-electron chi connectivity index (χ4n) is 2.93. The number of Topliss-reactive ketones (excluding diaryl/α,β-unsaturated/α-hetero) is 1. The molecule has 164 valence electrons. The van der Waals surface area contributed by atoms with E-state index in [-0.39, 0.29) is 30.1 Å². The molecule has 0 bridgehead atoms. The molecule has 4 atom stereocenters. The lowest BCUT2D eigenvalue weighted by Gasteiger charge is -2.27. The van der Waals surface area contributed by atoms with E-state index in [1.54, 1.807) is 13.8 Å². The minimum atomic E-state index is -1.15. The van der Waals surface area contributed by atoms with Crippen molar-refractivity contribution in [3.8, 4) is 0 Å². The number of amides is 2. The number of carbonyl (C=O) groups is 3. The maximum atomic E-state index is 12.7. The van der Waals surface area contributed by atoms with E-state index in [4.69, 9.17) is 11.5 Å². The molecule has 0 aliphatic heterocycles. The molecule has 0 saturated carbocycles. The first-order valence-corrected chi connectivity index (χ1v) is 10.3. The summed E-state index contributed by atoms with van der Waals surface area (Å²) in [5.74, 6) is -1.17. The summed E-state index contributed by atoms with van der Waals surface area (Å²) in [6.45, 7) is 9.68. The summed E-state index contributed by atoms with van der Waals surface area (Å²) in [5.41, 5.74) is 11.2. The van der Waals surface area contributed by atoms with Gasteiger partial charge in [0.15, 0.2) is 5.78 Å². The van der Waals surface area contributed by atoms with E-state index >= 15 is 0 Å². The fourth-order valence-corrected chi connectivity index (χ4v) is 2.93. The molecule has 7 N–H and O–H groups in total. The van der Waals surface area contributed by atoms with Crippen molar-refractivity contribution < 1.29 is 19.5 Å². The van der Waals surface area contributed by atoms with Crippen molar-refractivity contribution in [3.05, 3.63) is 0 Å². The second kappa shape index (κ2) is 13.6. The Morgan fingerprint density at radius 3 is 1.82 bits per heavy atom. The van der Waals surface area contributed by atoms with Gasteiger partial charge in [0.05, 0.1) is 12.1 Å². The summed E-state index contributed by atoms with van der Waals surface area (Å²) in [5, 5.41) is 15.3. The lowest BCUT2D eigenvalue weighted by atomic mass is 9.93. The van der Waals surface area contributed by atoms with Crippen molar-refractivity contribution in [2.45, 2.75) is 78.5 Å². The lowest BCUT2D eigenvalue weighted by molar-refractivity contribution is -0.135. The molecule has 8 heteroatoms. The molecule has 0 aromatic heterocycles. The third kappa shape index (κ3) is 9.61. The zero-order valence-corrected chi connectivity index (χ0v) is 18.0.